The number of hydrogen-bond acceptors (Lipinski definition) is 3. The maximum atomic E-state index is 11.0. The molecule has 0 atom stereocenters. The summed E-state index contributed by atoms with van der Waals surface area (Å²) in [5.74, 6) is 0.223. The molecule has 0 fully saturated rings. The van der Waals surface area contributed by atoms with Crippen LogP contribution in [0.3, 0.4) is 0 Å². The SMILES string of the molecule is CCCN=C(CCl)CCC(=O)OCC. The average Bonchev–Trinajstić information content (AvgIpc) is 2.19. The fourth-order valence-corrected chi connectivity index (χ4v) is 1.16. The summed E-state index contributed by atoms with van der Waals surface area (Å²) in [5.41, 5.74) is 0.890. The highest BCUT2D eigenvalue weighted by atomic mass is 35.5. The first-order chi connectivity index (χ1) is 6.74. The van der Waals surface area contributed by atoms with E-state index in [0.29, 0.717) is 25.3 Å². The Morgan fingerprint density at radius 1 is 1.36 bits per heavy atom. The summed E-state index contributed by atoms with van der Waals surface area (Å²) in [6, 6.07) is 0. The van der Waals surface area contributed by atoms with Crippen molar-refractivity contribution in [1.82, 2.24) is 0 Å². The van der Waals surface area contributed by atoms with Gasteiger partial charge in [0.05, 0.1) is 18.9 Å². The zero-order valence-corrected chi connectivity index (χ0v) is 9.64. The Morgan fingerprint density at radius 3 is 2.57 bits per heavy atom. The molecule has 0 unspecified atom stereocenters. The highest BCUT2D eigenvalue weighted by molar-refractivity contribution is 6.28. The van der Waals surface area contributed by atoms with Gasteiger partial charge in [-0.3, -0.25) is 9.79 Å². The van der Waals surface area contributed by atoms with Crippen molar-refractivity contribution >= 4 is 23.3 Å². The van der Waals surface area contributed by atoms with Gasteiger partial charge in [-0.2, -0.15) is 0 Å². The minimum absolute atomic E-state index is 0.179. The van der Waals surface area contributed by atoms with Gasteiger partial charge in [-0.25, -0.2) is 0 Å². The molecule has 0 aliphatic heterocycles. The molecular formula is C10H18ClNO2. The molecule has 0 bridgehead atoms. The molecule has 0 heterocycles. The predicted molar refractivity (Wildman–Crippen MR) is 59.2 cm³/mol. The third kappa shape index (κ3) is 6.89. The first-order valence-electron chi connectivity index (χ1n) is 4.98. The minimum Gasteiger partial charge on any atom is -0.466 e. The van der Waals surface area contributed by atoms with Crippen LogP contribution in [0.25, 0.3) is 0 Å². The maximum absolute atomic E-state index is 11.0. The Hall–Kier alpha value is -0.570. The molecule has 0 amide bonds. The van der Waals surface area contributed by atoms with Gasteiger partial charge in [-0.15, -0.1) is 11.6 Å². The quantitative estimate of drug-likeness (QED) is 0.375. The van der Waals surface area contributed by atoms with E-state index >= 15 is 0 Å². The number of rotatable bonds is 7. The van der Waals surface area contributed by atoms with Crippen molar-refractivity contribution < 1.29 is 9.53 Å². The molecule has 82 valence electrons. The Kier molecular flexibility index (Phi) is 8.64. The van der Waals surface area contributed by atoms with Crippen molar-refractivity contribution in [2.24, 2.45) is 4.99 Å². The molecule has 14 heavy (non-hydrogen) atoms. The molecule has 4 heteroatoms. The van der Waals surface area contributed by atoms with Gasteiger partial charge < -0.3 is 4.74 Å². The molecular weight excluding hydrogens is 202 g/mol. The second kappa shape index (κ2) is 9.00. The minimum atomic E-state index is -0.179. The van der Waals surface area contributed by atoms with Crippen LogP contribution in [0, 0.1) is 0 Å². The normalized spacial score (nSPS) is 11.5. The molecule has 0 radical (unpaired) electrons. The van der Waals surface area contributed by atoms with E-state index in [1.807, 2.05) is 0 Å². The lowest BCUT2D eigenvalue weighted by Gasteiger charge is -2.03. The summed E-state index contributed by atoms with van der Waals surface area (Å²) in [7, 11) is 0. The molecule has 0 spiro atoms. The second-order valence-corrected chi connectivity index (χ2v) is 3.15. The molecule has 0 saturated heterocycles. The molecule has 0 aliphatic rings. The zero-order valence-electron chi connectivity index (χ0n) is 8.88. The first-order valence-corrected chi connectivity index (χ1v) is 5.51. The Balaban J connectivity index is 3.77. The average molecular weight is 220 g/mol. The molecule has 0 aromatic rings. The van der Waals surface area contributed by atoms with Crippen molar-refractivity contribution in [2.75, 3.05) is 19.0 Å². The van der Waals surface area contributed by atoms with E-state index in [1.54, 1.807) is 6.92 Å². The number of aliphatic imine (C=N–C) groups is 1. The monoisotopic (exact) mass is 219 g/mol. The van der Waals surface area contributed by atoms with Gasteiger partial charge in [0.2, 0.25) is 0 Å². The van der Waals surface area contributed by atoms with Crippen molar-refractivity contribution in [1.29, 1.82) is 0 Å². The number of carbonyl (C=O) groups excluding carboxylic acids is 1. The van der Waals surface area contributed by atoms with Crippen molar-refractivity contribution in [3.63, 3.8) is 0 Å². The van der Waals surface area contributed by atoms with Crippen LogP contribution >= 0.6 is 11.6 Å². The first kappa shape index (κ1) is 13.4. The topological polar surface area (TPSA) is 38.7 Å². The molecule has 3 nitrogen and oxygen atoms in total. The van der Waals surface area contributed by atoms with Crippen LogP contribution in [0.4, 0.5) is 0 Å². The lowest BCUT2D eigenvalue weighted by atomic mass is 10.2. The fourth-order valence-electron chi connectivity index (χ4n) is 0.938. The van der Waals surface area contributed by atoms with Crippen molar-refractivity contribution in [2.45, 2.75) is 33.1 Å². The summed E-state index contributed by atoms with van der Waals surface area (Å²) in [6.45, 7) is 5.07. The van der Waals surface area contributed by atoms with Gasteiger partial charge >= 0.3 is 5.97 Å². The number of halogens is 1. The molecule has 0 aliphatic carbocycles. The van der Waals surface area contributed by atoms with Gasteiger partial charge in [0.15, 0.2) is 0 Å². The summed E-state index contributed by atoms with van der Waals surface area (Å²) in [6.07, 6.45) is 1.99. The van der Waals surface area contributed by atoms with Crippen LogP contribution in [0.5, 0.6) is 0 Å². The van der Waals surface area contributed by atoms with Crippen LogP contribution in [-0.2, 0) is 9.53 Å². The number of esters is 1. The molecule has 0 rings (SSSR count). The van der Waals surface area contributed by atoms with E-state index in [1.165, 1.54) is 0 Å². The van der Waals surface area contributed by atoms with Gasteiger partial charge in [-0.1, -0.05) is 6.92 Å². The number of nitrogens with zero attached hydrogens (tertiary/aromatic N) is 1. The van der Waals surface area contributed by atoms with Crippen molar-refractivity contribution in [3.8, 4) is 0 Å². The van der Waals surface area contributed by atoms with E-state index in [0.717, 1.165) is 18.7 Å². The zero-order chi connectivity index (χ0) is 10.8. The molecule has 0 saturated carbocycles. The van der Waals surface area contributed by atoms with Gasteiger partial charge in [0.1, 0.15) is 0 Å². The standard InChI is InChI=1S/C10H18ClNO2/c1-3-7-12-9(8-11)5-6-10(13)14-4-2/h3-8H2,1-2H3. The number of carbonyl (C=O) groups is 1. The van der Waals surface area contributed by atoms with E-state index < -0.39 is 0 Å². The highest BCUT2D eigenvalue weighted by Crippen LogP contribution is 1.99. The smallest absolute Gasteiger partial charge is 0.306 e. The van der Waals surface area contributed by atoms with Crippen LogP contribution in [0.2, 0.25) is 0 Å². The largest absolute Gasteiger partial charge is 0.466 e. The highest BCUT2D eigenvalue weighted by Gasteiger charge is 2.04. The van der Waals surface area contributed by atoms with Gasteiger partial charge in [-0.05, 0) is 19.8 Å². The Bertz CT molecular complexity index is 193. The molecule has 0 aromatic heterocycles. The number of hydrogen-bond donors (Lipinski definition) is 0. The van der Waals surface area contributed by atoms with E-state index in [4.69, 9.17) is 16.3 Å². The Labute approximate surface area is 90.5 Å². The molecule has 0 aromatic carbocycles. The van der Waals surface area contributed by atoms with E-state index in [2.05, 4.69) is 11.9 Å². The van der Waals surface area contributed by atoms with E-state index in [9.17, 15) is 4.79 Å². The number of ether oxygens (including phenoxy) is 1. The lowest BCUT2D eigenvalue weighted by molar-refractivity contribution is -0.142. The maximum Gasteiger partial charge on any atom is 0.306 e. The fraction of sp³-hybridized carbons (Fsp3) is 0.800. The summed E-state index contributed by atoms with van der Waals surface area (Å²) < 4.78 is 4.80. The van der Waals surface area contributed by atoms with Gasteiger partial charge in [0.25, 0.3) is 0 Å². The third-order valence-electron chi connectivity index (χ3n) is 1.64. The second-order valence-electron chi connectivity index (χ2n) is 2.89. The summed E-state index contributed by atoms with van der Waals surface area (Å²) in [4.78, 5) is 15.3. The third-order valence-corrected chi connectivity index (χ3v) is 1.94. The van der Waals surface area contributed by atoms with Crippen LogP contribution in [0.1, 0.15) is 33.1 Å². The van der Waals surface area contributed by atoms with Crippen LogP contribution in [-0.4, -0.2) is 30.7 Å². The Morgan fingerprint density at radius 2 is 2.07 bits per heavy atom. The van der Waals surface area contributed by atoms with Crippen LogP contribution < -0.4 is 0 Å². The van der Waals surface area contributed by atoms with Crippen molar-refractivity contribution in [3.05, 3.63) is 0 Å². The lowest BCUT2D eigenvalue weighted by Crippen LogP contribution is -2.09. The van der Waals surface area contributed by atoms with Gasteiger partial charge in [0, 0.05) is 12.3 Å². The number of alkyl halides is 1. The molecule has 0 N–H and O–H groups in total. The van der Waals surface area contributed by atoms with Crippen LogP contribution in [0.15, 0.2) is 4.99 Å². The summed E-state index contributed by atoms with van der Waals surface area (Å²) >= 11 is 5.68. The summed E-state index contributed by atoms with van der Waals surface area (Å²) in [5, 5.41) is 0. The van der Waals surface area contributed by atoms with E-state index in [-0.39, 0.29) is 5.97 Å². The predicted octanol–water partition coefficient (Wildman–Crippen LogP) is 2.42.